The molecule has 0 aliphatic carbocycles. The summed E-state index contributed by atoms with van der Waals surface area (Å²) in [6.45, 7) is 2.16. The van der Waals surface area contributed by atoms with Crippen molar-refractivity contribution in [2.24, 2.45) is 0 Å². The van der Waals surface area contributed by atoms with Crippen molar-refractivity contribution in [3.8, 4) is 0 Å². The van der Waals surface area contributed by atoms with Crippen molar-refractivity contribution in [3.63, 3.8) is 0 Å². The van der Waals surface area contributed by atoms with Gasteiger partial charge < -0.3 is 14.6 Å². The van der Waals surface area contributed by atoms with Crippen LogP contribution in [0.5, 0.6) is 0 Å². The van der Waals surface area contributed by atoms with Crippen molar-refractivity contribution < 1.29 is 24.2 Å². The molecule has 0 aromatic rings. The molecule has 0 aromatic carbocycles. The summed E-state index contributed by atoms with van der Waals surface area (Å²) in [5, 5.41) is 9.34. The van der Waals surface area contributed by atoms with E-state index < -0.39 is 17.5 Å². The topological polar surface area (TPSA) is 83.9 Å². The number of likely N-dealkylation sites (tertiary alicyclic amines) is 1. The van der Waals surface area contributed by atoms with E-state index in [0.717, 1.165) is 12.8 Å². The van der Waals surface area contributed by atoms with Crippen molar-refractivity contribution in [2.45, 2.75) is 31.7 Å². The summed E-state index contributed by atoms with van der Waals surface area (Å²) in [6.07, 6.45) is 2.19. The highest BCUT2D eigenvalue weighted by atomic mass is 16.5. The van der Waals surface area contributed by atoms with Crippen LogP contribution >= 0.6 is 0 Å². The molecule has 0 aromatic heterocycles. The van der Waals surface area contributed by atoms with Crippen molar-refractivity contribution >= 4 is 18.2 Å². The minimum Gasteiger partial charge on any atom is -0.480 e. The molecule has 0 bridgehead atoms. The number of aldehydes is 1. The minimum atomic E-state index is -1.40. The molecule has 1 fully saturated rings. The Balaban J connectivity index is 2.89. The molecule has 0 amide bonds. The molecule has 6 heteroatoms. The summed E-state index contributed by atoms with van der Waals surface area (Å²) in [5.74, 6) is -1.66. The predicted molar refractivity (Wildman–Crippen MR) is 58.5 cm³/mol. The molecule has 17 heavy (non-hydrogen) atoms. The number of carboxylic acids is 1. The van der Waals surface area contributed by atoms with Crippen LogP contribution in [0.2, 0.25) is 0 Å². The van der Waals surface area contributed by atoms with Crippen molar-refractivity contribution in [1.82, 2.24) is 4.90 Å². The van der Waals surface area contributed by atoms with Gasteiger partial charge >= 0.3 is 11.9 Å². The standard InChI is InChI=1S/C11H17NO5/c1-9(14)17-8-11(4-7-13,10(15)16)12-5-2-3-6-12/h7H,2-6,8H2,1H3,(H,15,16). The summed E-state index contributed by atoms with van der Waals surface area (Å²) in [7, 11) is 0. The molecule has 0 radical (unpaired) electrons. The van der Waals surface area contributed by atoms with E-state index in [-0.39, 0.29) is 13.0 Å². The first-order valence-electron chi connectivity index (χ1n) is 5.58. The maximum Gasteiger partial charge on any atom is 0.328 e. The lowest BCUT2D eigenvalue weighted by Gasteiger charge is -2.35. The van der Waals surface area contributed by atoms with Crippen LogP contribution in [0, 0.1) is 0 Å². The fourth-order valence-electron chi connectivity index (χ4n) is 2.07. The Labute approximate surface area is 99.5 Å². The van der Waals surface area contributed by atoms with Crippen molar-refractivity contribution in [2.75, 3.05) is 19.7 Å². The Morgan fingerprint density at radius 3 is 2.41 bits per heavy atom. The molecule has 1 heterocycles. The lowest BCUT2D eigenvalue weighted by Crippen LogP contribution is -2.57. The molecule has 1 saturated heterocycles. The van der Waals surface area contributed by atoms with Gasteiger partial charge in [0.25, 0.3) is 0 Å². The van der Waals surface area contributed by atoms with Gasteiger partial charge in [-0.15, -0.1) is 0 Å². The Morgan fingerprint density at radius 1 is 1.41 bits per heavy atom. The van der Waals surface area contributed by atoms with Crippen LogP contribution in [-0.4, -0.2) is 53.5 Å². The predicted octanol–water partition coefficient (Wildman–Crippen LogP) is 0.0577. The lowest BCUT2D eigenvalue weighted by molar-refractivity contribution is -0.162. The molecule has 1 rings (SSSR count). The summed E-state index contributed by atoms with van der Waals surface area (Å²) in [6, 6.07) is 0. The highest BCUT2D eigenvalue weighted by Gasteiger charge is 2.46. The van der Waals surface area contributed by atoms with Crippen LogP contribution in [0.3, 0.4) is 0 Å². The number of ether oxygens (including phenoxy) is 1. The zero-order valence-electron chi connectivity index (χ0n) is 9.85. The number of carbonyl (C=O) groups is 3. The van der Waals surface area contributed by atoms with Gasteiger partial charge in [-0.2, -0.15) is 0 Å². The number of aliphatic carboxylic acids is 1. The summed E-state index contributed by atoms with van der Waals surface area (Å²) < 4.78 is 4.81. The van der Waals surface area contributed by atoms with Crippen LogP contribution in [-0.2, 0) is 19.1 Å². The fourth-order valence-corrected chi connectivity index (χ4v) is 2.07. The zero-order valence-corrected chi connectivity index (χ0v) is 9.85. The molecule has 0 spiro atoms. The number of carboxylic acid groups (broad SMARTS) is 1. The van der Waals surface area contributed by atoms with Gasteiger partial charge in [0.2, 0.25) is 0 Å². The maximum atomic E-state index is 11.4. The third-order valence-corrected chi connectivity index (χ3v) is 3.04. The molecule has 1 aliphatic heterocycles. The monoisotopic (exact) mass is 243 g/mol. The Bertz CT molecular complexity index is 311. The summed E-state index contributed by atoms with van der Waals surface area (Å²) in [4.78, 5) is 34.6. The first-order valence-corrected chi connectivity index (χ1v) is 5.58. The van der Waals surface area contributed by atoms with Crippen LogP contribution in [0.4, 0.5) is 0 Å². The second kappa shape index (κ2) is 5.77. The van der Waals surface area contributed by atoms with Crippen LogP contribution in [0.1, 0.15) is 26.2 Å². The van der Waals surface area contributed by atoms with Gasteiger partial charge in [0.05, 0.1) is 0 Å². The normalized spacial score (nSPS) is 19.6. The van der Waals surface area contributed by atoms with E-state index in [0.29, 0.717) is 19.4 Å². The van der Waals surface area contributed by atoms with Gasteiger partial charge in [0.1, 0.15) is 12.9 Å². The van der Waals surface area contributed by atoms with Gasteiger partial charge in [-0.1, -0.05) is 0 Å². The lowest BCUT2D eigenvalue weighted by atomic mass is 9.95. The molecular weight excluding hydrogens is 226 g/mol. The number of hydrogen-bond acceptors (Lipinski definition) is 5. The van der Waals surface area contributed by atoms with E-state index in [1.807, 2.05) is 0 Å². The van der Waals surface area contributed by atoms with E-state index >= 15 is 0 Å². The van der Waals surface area contributed by atoms with Crippen LogP contribution in [0.25, 0.3) is 0 Å². The third-order valence-electron chi connectivity index (χ3n) is 3.04. The first-order chi connectivity index (χ1) is 8.03. The van der Waals surface area contributed by atoms with Crippen molar-refractivity contribution in [3.05, 3.63) is 0 Å². The van der Waals surface area contributed by atoms with Gasteiger partial charge in [-0.05, 0) is 25.9 Å². The zero-order chi connectivity index (χ0) is 12.9. The quantitative estimate of drug-likeness (QED) is 0.524. The molecule has 1 atom stereocenters. The SMILES string of the molecule is CC(=O)OCC(CC=O)(C(=O)O)N1CCCC1. The molecule has 1 N–H and O–H groups in total. The summed E-state index contributed by atoms with van der Waals surface area (Å²) >= 11 is 0. The molecule has 1 aliphatic rings. The second-order valence-corrected chi connectivity index (χ2v) is 4.18. The average molecular weight is 243 g/mol. The van der Waals surface area contributed by atoms with E-state index in [1.54, 1.807) is 4.90 Å². The van der Waals surface area contributed by atoms with Crippen LogP contribution < -0.4 is 0 Å². The molecular formula is C11H17NO5. The van der Waals surface area contributed by atoms with E-state index in [9.17, 15) is 19.5 Å². The van der Waals surface area contributed by atoms with Gasteiger partial charge in [-0.25, -0.2) is 0 Å². The number of nitrogens with zero attached hydrogens (tertiary/aromatic N) is 1. The Hall–Kier alpha value is -1.43. The molecule has 0 saturated carbocycles. The molecule has 1 unspecified atom stereocenters. The summed E-state index contributed by atoms with van der Waals surface area (Å²) in [5.41, 5.74) is -1.40. The Morgan fingerprint density at radius 2 is 2.00 bits per heavy atom. The highest BCUT2D eigenvalue weighted by Crippen LogP contribution is 2.25. The largest absolute Gasteiger partial charge is 0.480 e. The minimum absolute atomic E-state index is 0.171. The average Bonchev–Trinajstić information content (AvgIpc) is 2.77. The van der Waals surface area contributed by atoms with E-state index in [1.165, 1.54) is 6.92 Å². The van der Waals surface area contributed by atoms with Gasteiger partial charge in [0.15, 0.2) is 5.54 Å². The number of esters is 1. The maximum absolute atomic E-state index is 11.4. The second-order valence-electron chi connectivity index (χ2n) is 4.18. The van der Waals surface area contributed by atoms with Gasteiger partial charge in [-0.3, -0.25) is 14.5 Å². The Kier molecular flexibility index (Phi) is 4.62. The number of carbonyl (C=O) groups excluding carboxylic acids is 2. The van der Waals surface area contributed by atoms with Crippen LogP contribution in [0.15, 0.2) is 0 Å². The number of rotatable bonds is 6. The third kappa shape index (κ3) is 3.03. The fraction of sp³-hybridized carbons (Fsp3) is 0.727. The van der Waals surface area contributed by atoms with Crippen molar-refractivity contribution in [1.29, 1.82) is 0 Å². The first kappa shape index (κ1) is 13.6. The highest BCUT2D eigenvalue weighted by molar-refractivity contribution is 5.83. The van der Waals surface area contributed by atoms with E-state index in [2.05, 4.69) is 0 Å². The van der Waals surface area contributed by atoms with Gasteiger partial charge in [0, 0.05) is 13.3 Å². The molecule has 6 nitrogen and oxygen atoms in total. The smallest absolute Gasteiger partial charge is 0.328 e. The number of hydrogen-bond donors (Lipinski definition) is 1. The molecule has 96 valence electrons. The van der Waals surface area contributed by atoms with E-state index in [4.69, 9.17) is 4.74 Å².